The Labute approximate surface area is 115 Å². The third-order valence-corrected chi connectivity index (χ3v) is 3.55. The van der Waals surface area contributed by atoms with Crippen molar-refractivity contribution in [2.45, 2.75) is 0 Å². The smallest absolute Gasteiger partial charge is 0.138 e. The van der Waals surface area contributed by atoms with E-state index in [-0.39, 0.29) is 5.82 Å². The largest absolute Gasteiger partial charge is 0.456 e. The van der Waals surface area contributed by atoms with Crippen LogP contribution in [0.5, 0.6) is 0 Å². The summed E-state index contributed by atoms with van der Waals surface area (Å²) >= 11 is 0. The zero-order valence-corrected chi connectivity index (χ0v) is 10.6. The van der Waals surface area contributed by atoms with Gasteiger partial charge >= 0.3 is 0 Å². The Morgan fingerprint density at radius 2 is 1.55 bits per heavy atom. The molecule has 96 valence electrons. The van der Waals surface area contributed by atoms with Gasteiger partial charge in [-0.3, -0.25) is 0 Å². The Hall–Kier alpha value is -2.61. The molecule has 1 aromatic heterocycles. The van der Waals surface area contributed by atoms with E-state index in [0.29, 0.717) is 16.6 Å². The Morgan fingerprint density at radius 1 is 0.700 bits per heavy atom. The Kier molecular flexibility index (Phi) is 2.36. The summed E-state index contributed by atoms with van der Waals surface area (Å²) in [6.07, 6.45) is 0. The zero-order valence-electron chi connectivity index (χ0n) is 10.6. The maximum atomic E-state index is 14.0. The van der Waals surface area contributed by atoms with Gasteiger partial charge in [-0.1, -0.05) is 42.5 Å². The summed E-state index contributed by atoms with van der Waals surface area (Å²) in [6, 6.07) is 20.9. The van der Waals surface area contributed by atoms with E-state index in [4.69, 9.17) is 4.42 Å². The van der Waals surface area contributed by atoms with Crippen molar-refractivity contribution in [3.05, 3.63) is 72.5 Å². The van der Waals surface area contributed by atoms with Crippen molar-refractivity contribution in [1.29, 1.82) is 0 Å². The molecule has 0 N–H and O–H groups in total. The minimum atomic E-state index is -0.244. The van der Waals surface area contributed by atoms with E-state index in [9.17, 15) is 4.39 Å². The van der Waals surface area contributed by atoms with Gasteiger partial charge in [0, 0.05) is 5.39 Å². The Morgan fingerprint density at radius 3 is 2.40 bits per heavy atom. The molecule has 20 heavy (non-hydrogen) atoms. The van der Waals surface area contributed by atoms with Crippen molar-refractivity contribution in [2.24, 2.45) is 0 Å². The van der Waals surface area contributed by atoms with E-state index in [1.165, 1.54) is 6.07 Å². The average molecular weight is 262 g/mol. The van der Waals surface area contributed by atoms with Gasteiger partial charge in [-0.25, -0.2) is 4.39 Å². The molecule has 0 unspecified atom stereocenters. The second kappa shape index (κ2) is 4.20. The predicted molar refractivity (Wildman–Crippen MR) is 79.1 cm³/mol. The molecule has 0 fully saturated rings. The van der Waals surface area contributed by atoms with E-state index < -0.39 is 0 Å². The van der Waals surface area contributed by atoms with Gasteiger partial charge in [-0.2, -0.15) is 0 Å². The second-order valence-electron chi connectivity index (χ2n) is 4.79. The molecule has 0 aliphatic rings. The molecule has 0 aliphatic carbocycles. The van der Waals surface area contributed by atoms with Crippen LogP contribution >= 0.6 is 0 Å². The maximum Gasteiger partial charge on any atom is 0.138 e. The number of rotatable bonds is 1. The lowest BCUT2D eigenvalue weighted by Crippen LogP contribution is -1.78. The van der Waals surface area contributed by atoms with E-state index in [0.717, 1.165) is 16.5 Å². The van der Waals surface area contributed by atoms with Crippen LogP contribution in [-0.2, 0) is 0 Å². The molecule has 0 radical (unpaired) electrons. The van der Waals surface area contributed by atoms with Crippen LogP contribution in [-0.4, -0.2) is 0 Å². The van der Waals surface area contributed by atoms with Gasteiger partial charge in [-0.05, 0) is 35.4 Å². The fraction of sp³-hybridized carbons (Fsp3) is 0. The van der Waals surface area contributed by atoms with Crippen LogP contribution in [0.25, 0.3) is 33.1 Å². The average Bonchev–Trinajstić information content (AvgIpc) is 2.87. The van der Waals surface area contributed by atoms with E-state index >= 15 is 0 Å². The summed E-state index contributed by atoms with van der Waals surface area (Å²) in [5.41, 5.74) is 3.47. The molecule has 0 spiro atoms. The van der Waals surface area contributed by atoms with Crippen molar-refractivity contribution < 1.29 is 8.81 Å². The predicted octanol–water partition coefficient (Wildman–Crippen LogP) is 5.39. The lowest BCUT2D eigenvalue weighted by atomic mass is 10.0. The van der Waals surface area contributed by atoms with Crippen molar-refractivity contribution in [1.82, 2.24) is 0 Å². The fourth-order valence-electron chi connectivity index (χ4n) is 2.59. The highest BCUT2D eigenvalue weighted by molar-refractivity contribution is 6.06. The van der Waals surface area contributed by atoms with Crippen molar-refractivity contribution in [3.8, 4) is 11.1 Å². The van der Waals surface area contributed by atoms with Crippen LogP contribution in [0, 0.1) is 5.82 Å². The van der Waals surface area contributed by atoms with Crippen LogP contribution < -0.4 is 0 Å². The summed E-state index contributed by atoms with van der Waals surface area (Å²) in [5.74, 6) is -0.244. The van der Waals surface area contributed by atoms with Gasteiger partial charge in [-0.15, -0.1) is 0 Å². The number of fused-ring (bicyclic) bond motifs is 3. The fourth-order valence-corrected chi connectivity index (χ4v) is 2.59. The number of hydrogen-bond donors (Lipinski definition) is 0. The van der Waals surface area contributed by atoms with E-state index in [2.05, 4.69) is 0 Å². The topological polar surface area (TPSA) is 13.1 Å². The summed E-state index contributed by atoms with van der Waals surface area (Å²) in [7, 11) is 0. The summed E-state index contributed by atoms with van der Waals surface area (Å²) in [5, 5.41) is 1.37. The first kappa shape index (κ1) is 11.2. The monoisotopic (exact) mass is 262 g/mol. The maximum absolute atomic E-state index is 14.0. The third kappa shape index (κ3) is 1.62. The highest BCUT2D eigenvalue weighted by atomic mass is 19.1. The summed E-state index contributed by atoms with van der Waals surface area (Å²) < 4.78 is 19.7. The SMILES string of the molecule is Fc1cccc2oc3ccc(-c4ccccc4)cc3c12. The molecular formula is C18H11FO. The lowest BCUT2D eigenvalue weighted by Gasteiger charge is -2.01. The molecule has 1 heterocycles. The van der Waals surface area contributed by atoms with Crippen LogP contribution in [0.15, 0.2) is 71.1 Å². The first-order valence-corrected chi connectivity index (χ1v) is 6.49. The van der Waals surface area contributed by atoms with Gasteiger partial charge in [0.1, 0.15) is 17.0 Å². The molecule has 0 bridgehead atoms. The highest BCUT2D eigenvalue weighted by Gasteiger charge is 2.11. The second-order valence-corrected chi connectivity index (χ2v) is 4.79. The van der Waals surface area contributed by atoms with Gasteiger partial charge in [0.05, 0.1) is 5.39 Å². The molecule has 0 saturated heterocycles. The Bertz CT molecular complexity index is 907. The molecular weight excluding hydrogens is 251 g/mol. The number of halogens is 1. The zero-order chi connectivity index (χ0) is 13.5. The van der Waals surface area contributed by atoms with Crippen molar-refractivity contribution in [2.75, 3.05) is 0 Å². The molecule has 0 atom stereocenters. The van der Waals surface area contributed by atoms with Crippen LogP contribution in [0.3, 0.4) is 0 Å². The van der Waals surface area contributed by atoms with E-state index in [1.54, 1.807) is 12.1 Å². The summed E-state index contributed by atoms with van der Waals surface area (Å²) in [4.78, 5) is 0. The molecule has 0 amide bonds. The number of benzene rings is 3. The molecule has 0 saturated carbocycles. The first-order chi connectivity index (χ1) is 9.83. The lowest BCUT2D eigenvalue weighted by molar-refractivity contribution is 0.634. The van der Waals surface area contributed by atoms with Gasteiger partial charge in [0.15, 0.2) is 0 Å². The van der Waals surface area contributed by atoms with Crippen LogP contribution in [0.1, 0.15) is 0 Å². The number of hydrogen-bond acceptors (Lipinski definition) is 1. The molecule has 3 aromatic carbocycles. The molecule has 0 aliphatic heterocycles. The van der Waals surface area contributed by atoms with Crippen LogP contribution in [0.2, 0.25) is 0 Å². The summed E-state index contributed by atoms with van der Waals surface area (Å²) in [6.45, 7) is 0. The highest BCUT2D eigenvalue weighted by Crippen LogP contribution is 2.33. The van der Waals surface area contributed by atoms with Gasteiger partial charge in [0.25, 0.3) is 0 Å². The quantitative estimate of drug-likeness (QED) is 0.448. The standard InChI is InChI=1S/C18H11FO/c19-15-7-4-8-17-18(15)14-11-13(9-10-16(14)20-17)12-5-2-1-3-6-12/h1-11H. The minimum absolute atomic E-state index is 0.244. The van der Waals surface area contributed by atoms with Crippen molar-refractivity contribution >= 4 is 21.9 Å². The minimum Gasteiger partial charge on any atom is -0.456 e. The molecule has 4 rings (SSSR count). The molecule has 2 heteroatoms. The van der Waals surface area contributed by atoms with Gasteiger partial charge < -0.3 is 4.42 Å². The molecule has 1 nitrogen and oxygen atoms in total. The first-order valence-electron chi connectivity index (χ1n) is 6.49. The third-order valence-electron chi connectivity index (χ3n) is 3.55. The Balaban J connectivity index is 2.06. The number of furan rings is 1. The van der Waals surface area contributed by atoms with Gasteiger partial charge in [0.2, 0.25) is 0 Å². The van der Waals surface area contributed by atoms with Crippen LogP contribution in [0.4, 0.5) is 4.39 Å². The molecule has 4 aromatic rings. The van der Waals surface area contributed by atoms with E-state index in [1.807, 2.05) is 48.5 Å². The normalized spacial score (nSPS) is 11.2. The van der Waals surface area contributed by atoms with Crippen molar-refractivity contribution in [3.63, 3.8) is 0 Å².